The van der Waals surface area contributed by atoms with Gasteiger partial charge in [0.15, 0.2) is 0 Å². The molecule has 3 nitrogen and oxygen atoms in total. The van der Waals surface area contributed by atoms with Crippen LogP contribution in [0.1, 0.15) is 37.8 Å². The van der Waals surface area contributed by atoms with Crippen LogP contribution in [0.15, 0.2) is 18.3 Å². The fourth-order valence-corrected chi connectivity index (χ4v) is 1.95. The summed E-state index contributed by atoms with van der Waals surface area (Å²) in [5.41, 5.74) is 7.08. The Morgan fingerprint density at radius 2 is 2.40 bits per heavy atom. The molecule has 1 aromatic rings. The van der Waals surface area contributed by atoms with Gasteiger partial charge in [0.1, 0.15) is 5.82 Å². The van der Waals surface area contributed by atoms with E-state index in [0.717, 1.165) is 18.9 Å². The zero-order valence-electron chi connectivity index (χ0n) is 9.24. The van der Waals surface area contributed by atoms with E-state index in [-0.39, 0.29) is 0 Å². The summed E-state index contributed by atoms with van der Waals surface area (Å²) in [5, 5.41) is 3.57. The second kappa shape index (κ2) is 4.62. The van der Waals surface area contributed by atoms with Gasteiger partial charge in [-0.3, -0.25) is 0 Å². The quantitative estimate of drug-likeness (QED) is 0.774. The Morgan fingerprint density at radius 3 is 3.00 bits per heavy atom. The third-order valence-electron chi connectivity index (χ3n) is 2.91. The zero-order chi connectivity index (χ0) is 10.7. The van der Waals surface area contributed by atoms with Crippen LogP contribution in [-0.4, -0.2) is 11.5 Å². The Hall–Kier alpha value is -1.09. The lowest BCUT2D eigenvalue weighted by molar-refractivity contribution is 0.481. The second-order valence-corrected chi connectivity index (χ2v) is 4.25. The van der Waals surface area contributed by atoms with Crippen LogP contribution in [-0.2, 0) is 0 Å². The molecule has 1 aliphatic rings. The molecule has 1 unspecified atom stereocenters. The van der Waals surface area contributed by atoms with Crippen LogP contribution < -0.4 is 11.1 Å². The number of hydrogen-bond acceptors (Lipinski definition) is 3. The number of nitrogen functional groups attached to an aromatic ring is 1. The summed E-state index contributed by atoms with van der Waals surface area (Å²) in [6, 6.07) is 4.47. The molecule has 0 amide bonds. The second-order valence-electron chi connectivity index (χ2n) is 4.25. The third-order valence-corrected chi connectivity index (χ3v) is 2.91. The van der Waals surface area contributed by atoms with E-state index < -0.39 is 0 Å². The largest absolute Gasteiger partial charge is 0.383 e. The predicted molar refractivity (Wildman–Crippen MR) is 62.4 cm³/mol. The monoisotopic (exact) mass is 205 g/mol. The van der Waals surface area contributed by atoms with Gasteiger partial charge in [0, 0.05) is 17.8 Å². The van der Waals surface area contributed by atoms with Crippen LogP contribution in [0.4, 0.5) is 5.82 Å². The molecule has 0 saturated heterocycles. The van der Waals surface area contributed by atoms with Crippen molar-refractivity contribution in [3.05, 3.63) is 23.9 Å². The van der Waals surface area contributed by atoms with Crippen molar-refractivity contribution >= 4 is 5.82 Å². The number of nitrogens with zero attached hydrogens (tertiary/aromatic N) is 1. The van der Waals surface area contributed by atoms with Crippen molar-refractivity contribution in [2.24, 2.45) is 5.92 Å². The molecule has 1 aromatic heterocycles. The SMILES string of the molecule is CCCNC(c1cccnc1N)C1CC1. The van der Waals surface area contributed by atoms with Crippen LogP contribution in [0.5, 0.6) is 0 Å². The Labute approximate surface area is 91.1 Å². The molecule has 1 heterocycles. The number of nitrogens with one attached hydrogen (secondary N) is 1. The molecule has 1 atom stereocenters. The molecule has 15 heavy (non-hydrogen) atoms. The number of aromatic nitrogens is 1. The van der Waals surface area contributed by atoms with Crippen LogP contribution in [0, 0.1) is 5.92 Å². The van der Waals surface area contributed by atoms with Gasteiger partial charge < -0.3 is 11.1 Å². The molecule has 0 radical (unpaired) electrons. The number of nitrogens with two attached hydrogens (primary N) is 1. The lowest BCUT2D eigenvalue weighted by Crippen LogP contribution is -2.24. The average Bonchev–Trinajstić information content (AvgIpc) is 3.05. The maximum absolute atomic E-state index is 5.91. The lowest BCUT2D eigenvalue weighted by atomic mass is 10.0. The highest BCUT2D eigenvalue weighted by atomic mass is 14.9. The Bertz CT molecular complexity index is 320. The Morgan fingerprint density at radius 1 is 1.60 bits per heavy atom. The third kappa shape index (κ3) is 2.48. The van der Waals surface area contributed by atoms with Crippen molar-refractivity contribution < 1.29 is 0 Å². The minimum Gasteiger partial charge on any atom is -0.383 e. The Kier molecular flexibility index (Phi) is 3.21. The first-order valence-corrected chi connectivity index (χ1v) is 5.76. The molecule has 0 aliphatic heterocycles. The van der Waals surface area contributed by atoms with Crippen molar-refractivity contribution in [1.29, 1.82) is 0 Å². The van der Waals surface area contributed by atoms with E-state index in [0.29, 0.717) is 11.9 Å². The van der Waals surface area contributed by atoms with Crippen LogP contribution >= 0.6 is 0 Å². The fourth-order valence-electron chi connectivity index (χ4n) is 1.95. The molecular weight excluding hydrogens is 186 g/mol. The highest BCUT2D eigenvalue weighted by Gasteiger charge is 2.32. The van der Waals surface area contributed by atoms with Crippen molar-refractivity contribution in [1.82, 2.24) is 10.3 Å². The minimum absolute atomic E-state index is 0.415. The van der Waals surface area contributed by atoms with Crippen molar-refractivity contribution in [2.45, 2.75) is 32.2 Å². The highest BCUT2D eigenvalue weighted by Crippen LogP contribution is 2.42. The van der Waals surface area contributed by atoms with Gasteiger partial charge in [-0.1, -0.05) is 13.0 Å². The topological polar surface area (TPSA) is 50.9 Å². The summed E-state index contributed by atoms with van der Waals surface area (Å²) in [4.78, 5) is 4.16. The van der Waals surface area contributed by atoms with E-state index in [2.05, 4.69) is 23.3 Å². The number of hydrogen-bond donors (Lipinski definition) is 2. The normalized spacial score (nSPS) is 17.7. The predicted octanol–water partition coefficient (Wildman–Crippen LogP) is 2.11. The molecule has 1 aliphatic carbocycles. The van der Waals surface area contributed by atoms with Gasteiger partial charge in [-0.25, -0.2) is 4.98 Å². The van der Waals surface area contributed by atoms with Crippen LogP contribution in [0.2, 0.25) is 0 Å². The number of rotatable bonds is 5. The van der Waals surface area contributed by atoms with Gasteiger partial charge in [-0.15, -0.1) is 0 Å². The number of pyridine rings is 1. The first-order valence-electron chi connectivity index (χ1n) is 5.76. The van der Waals surface area contributed by atoms with Gasteiger partial charge >= 0.3 is 0 Å². The van der Waals surface area contributed by atoms with E-state index in [4.69, 9.17) is 5.73 Å². The first-order chi connectivity index (χ1) is 7.33. The van der Waals surface area contributed by atoms with E-state index in [1.54, 1.807) is 6.20 Å². The maximum Gasteiger partial charge on any atom is 0.128 e. The van der Waals surface area contributed by atoms with Gasteiger partial charge in [-0.2, -0.15) is 0 Å². The maximum atomic E-state index is 5.91. The number of anilines is 1. The standard InChI is InChI=1S/C12H19N3/c1-2-7-14-11(9-5-6-9)10-4-3-8-15-12(10)13/h3-4,8-9,11,14H,2,5-7H2,1H3,(H2,13,15). The van der Waals surface area contributed by atoms with Crippen LogP contribution in [0.25, 0.3) is 0 Å². The molecule has 3 heteroatoms. The first kappa shape index (κ1) is 10.4. The highest BCUT2D eigenvalue weighted by molar-refractivity contribution is 5.41. The summed E-state index contributed by atoms with van der Waals surface area (Å²) in [6.07, 6.45) is 5.54. The summed E-state index contributed by atoms with van der Waals surface area (Å²) >= 11 is 0. The molecule has 82 valence electrons. The molecule has 0 bridgehead atoms. The van der Waals surface area contributed by atoms with Gasteiger partial charge in [0.2, 0.25) is 0 Å². The van der Waals surface area contributed by atoms with E-state index in [9.17, 15) is 0 Å². The van der Waals surface area contributed by atoms with Gasteiger partial charge in [-0.05, 0) is 37.8 Å². The Balaban J connectivity index is 2.13. The van der Waals surface area contributed by atoms with E-state index in [1.807, 2.05) is 6.07 Å². The minimum atomic E-state index is 0.415. The molecule has 3 N–H and O–H groups in total. The van der Waals surface area contributed by atoms with Crippen molar-refractivity contribution in [3.63, 3.8) is 0 Å². The molecular formula is C12H19N3. The molecule has 0 aromatic carbocycles. The molecule has 1 fully saturated rings. The summed E-state index contributed by atoms with van der Waals surface area (Å²) in [6.45, 7) is 3.24. The summed E-state index contributed by atoms with van der Waals surface area (Å²) in [7, 11) is 0. The van der Waals surface area contributed by atoms with E-state index in [1.165, 1.54) is 18.4 Å². The van der Waals surface area contributed by atoms with Gasteiger partial charge in [0.25, 0.3) is 0 Å². The van der Waals surface area contributed by atoms with Crippen molar-refractivity contribution in [3.8, 4) is 0 Å². The van der Waals surface area contributed by atoms with Crippen molar-refractivity contribution in [2.75, 3.05) is 12.3 Å². The smallest absolute Gasteiger partial charge is 0.128 e. The van der Waals surface area contributed by atoms with Crippen LogP contribution in [0.3, 0.4) is 0 Å². The van der Waals surface area contributed by atoms with E-state index >= 15 is 0 Å². The fraction of sp³-hybridized carbons (Fsp3) is 0.583. The summed E-state index contributed by atoms with van der Waals surface area (Å²) in [5.74, 6) is 1.45. The summed E-state index contributed by atoms with van der Waals surface area (Å²) < 4.78 is 0. The molecule has 1 saturated carbocycles. The lowest BCUT2D eigenvalue weighted by Gasteiger charge is -2.19. The molecule has 2 rings (SSSR count). The van der Waals surface area contributed by atoms with Gasteiger partial charge in [0.05, 0.1) is 0 Å². The molecule has 0 spiro atoms. The zero-order valence-corrected chi connectivity index (χ0v) is 9.24. The average molecular weight is 205 g/mol.